The molecule has 3 aromatic carbocycles. The van der Waals surface area contributed by atoms with Crippen molar-refractivity contribution < 1.29 is 29.7 Å². The zero-order valence-corrected chi connectivity index (χ0v) is 31.4. The highest BCUT2D eigenvalue weighted by atomic mass is 16.4. The summed E-state index contributed by atoms with van der Waals surface area (Å²) in [6.45, 7) is 6.41. The third-order valence-corrected chi connectivity index (χ3v) is 12.2. The summed E-state index contributed by atoms with van der Waals surface area (Å²) in [5.74, 6) is -3.32. The average molecular weight is 751 g/mol. The number of carboxylic acid groups (broad SMARTS) is 3. The van der Waals surface area contributed by atoms with Crippen LogP contribution in [0.15, 0.2) is 66.7 Å². The summed E-state index contributed by atoms with van der Waals surface area (Å²) in [5.41, 5.74) is 6.86. The Hall–Kier alpha value is -4.62. The topological polar surface area (TPSA) is 180 Å². The normalized spacial score (nSPS) is 21.6. The van der Waals surface area contributed by atoms with Gasteiger partial charge in [-0.15, -0.1) is 0 Å². The van der Waals surface area contributed by atoms with Gasteiger partial charge in [0.1, 0.15) is 0 Å². The van der Waals surface area contributed by atoms with Gasteiger partial charge < -0.3 is 31.3 Å². The second kappa shape index (κ2) is 17.9. The van der Waals surface area contributed by atoms with Crippen LogP contribution in [0.3, 0.4) is 0 Å². The summed E-state index contributed by atoms with van der Waals surface area (Å²) in [5, 5.41) is 49.1. The van der Waals surface area contributed by atoms with Gasteiger partial charge in [0.2, 0.25) is 0 Å². The van der Waals surface area contributed by atoms with Gasteiger partial charge >= 0.3 is 17.9 Å². The molecule has 12 nitrogen and oxygen atoms in total. The van der Waals surface area contributed by atoms with Crippen LogP contribution in [-0.2, 0) is 53.3 Å². The number of fused-ring (bicyclic) bond motifs is 1. The van der Waals surface area contributed by atoms with Gasteiger partial charge in [-0.05, 0) is 135 Å². The molecule has 0 radical (unpaired) electrons. The molecule has 0 bridgehead atoms. The first-order valence-corrected chi connectivity index (χ1v) is 19.8. The summed E-state index contributed by atoms with van der Waals surface area (Å²) in [4.78, 5) is 39.3. The molecule has 3 aliphatic heterocycles. The number of aromatic nitrogens is 2. The number of benzene rings is 3. The monoisotopic (exact) mass is 750 g/mol. The molecule has 0 aliphatic carbocycles. The van der Waals surface area contributed by atoms with Gasteiger partial charge in [0.15, 0.2) is 0 Å². The van der Waals surface area contributed by atoms with E-state index in [1.807, 2.05) is 36.4 Å². The molecule has 6 unspecified atom stereocenters. The van der Waals surface area contributed by atoms with Crippen molar-refractivity contribution in [2.45, 2.75) is 58.2 Å². The Labute approximate surface area is 322 Å². The van der Waals surface area contributed by atoms with E-state index in [-0.39, 0.29) is 17.8 Å². The fourth-order valence-electron chi connectivity index (χ4n) is 9.17. The molecule has 3 fully saturated rings. The number of aromatic amines is 1. The smallest absolute Gasteiger partial charge is 0.307 e. The van der Waals surface area contributed by atoms with Crippen LogP contribution >= 0.6 is 0 Å². The predicted octanol–water partition coefficient (Wildman–Crippen LogP) is 4.32. The first kappa shape index (κ1) is 38.6. The highest BCUT2D eigenvalue weighted by Gasteiger charge is 2.33. The first-order valence-electron chi connectivity index (χ1n) is 19.8. The van der Waals surface area contributed by atoms with Crippen molar-refractivity contribution in [2.75, 3.05) is 39.3 Å². The minimum atomic E-state index is -0.763. The maximum atomic E-state index is 12.3. The molecule has 0 amide bonds. The molecule has 4 heterocycles. The Bertz CT molecular complexity index is 1870. The van der Waals surface area contributed by atoms with E-state index in [1.54, 1.807) is 0 Å². The number of nitrogens with one attached hydrogen (secondary N) is 4. The number of carbonyl (C=O) groups is 3. The van der Waals surface area contributed by atoms with Crippen molar-refractivity contribution in [1.29, 1.82) is 0 Å². The summed E-state index contributed by atoms with van der Waals surface area (Å²) in [6.07, 6.45) is 3.99. The van der Waals surface area contributed by atoms with Gasteiger partial charge in [-0.1, -0.05) is 54.6 Å². The van der Waals surface area contributed by atoms with Gasteiger partial charge in [0.25, 0.3) is 0 Å². The Balaban J connectivity index is 1.15. The van der Waals surface area contributed by atoms with Gasteiger partial charge in [0.05, 0.1) is 29.0 Å². The van der Waals surface area contributed by atoms with Gasteiger partial charge in [0, 0.05) is 25.0 Å². The summed E-state index contributed by atoms with van der Waals surface area (Å²) < 4.78 is 0. The fourth-order valence-corrected chi connectivity index (χ4v) is 9.17. The van der Waals surface area contributed by atoms with E-state index in [0.29, 0.717) is 38.9 Å². The van der Waals surface area contributed by atoms with Crippen molar-refractivity contribution in [2.24, 2.45) is 35.5 Å². The van der Waals surface area contributed by atoms with E-state index in [2.05, 4.69) is 61.4 Å². The Morgan fingerprint density at radius 3 is 1.45 bits per heavy atom. The zero-order valence-electron chi connectivity index (χ0n) is 31.4. The van der Waals surface area contributed by atoms with E-state index >= 15 is 0 Å². The first-order chi connectivity index (χ1) is 26.7. The van der Waals surface area contributed by atoms with Crippen LogP contribution in [0.2, 0.25) is 0 Å². The molecular formula is C43H54N6O6. The van der Waals surface area contributed by atoms with Gasteiger partial charge in [-0.3, -0.25) is 24.4 Å². The second-order valence-corrected chi connectivity index (χ2v) is 16.0. The molecular weight excluding hydrogens is 697 g/mol. The van der Waals surface area contributed by atoms with Crippen LogP contribution in [0.1, 0.15) is 52.8 Å². The lowest BCUT2D eigenvalue weighted by atomic mass is 9.86. The van der Waals surface area contributed by atoms with E-state index in [1.165, 1.54) is 0 Å². The van der Waals surface area contributed by atoms with Crippen molar-refractivity contribution >= 4 is 28.8 Å². The van der Waals surface area contributed by atoms with Crippen molar-refractivity contribution in [3.63, 3.8) is 0 Å². The molecule has 4 aromatic rings. The number of nitrogens with zero attached hydrogens (tertiary/aromatic N) is 2. The van der Waals surface area contributed by atoms with Crippen molar-refractivity contribution in [3.05, 3.63) is 100 Å². The minimum Gasteiger partial charge on any atom is -0.481 e. The Kier molecular flexibility index (Phi) is 12.6. The van der Waals surface area contributed by atoms with Crippen molar-refractivity contribution in [1.82, 2.24) is 31.0 Å². The number of H-pyrrole nitrogens is 1. The number of rotatable bonds is 18. The average Bonchev–Trinajstić information content (AvgIpc) is 4.01. The summed E-state index contributed by atoms with van der Waals surface area (Å²) >= 11 is 0. The molecule has 3 aliphatic rings. The second-order valence-electron chi connectivity index (χ2n) is 16.0. The molecule has 0 saturated carbocycles. The van der Waals surface area contributed by atoms with Crippen LogP contribution in [0.25, 0.3) is 10.9 Å². The third-order valence-electron chi connectivity index (χ3n) is 12.2. The number of hydrogen-bond donors (Lipinski definition) is 7. The van der Waals surface area contributed by atoms with Crippen LogP contribution in [-0.4, -0.2) is 87.6 Å². The molecule has 292 valence electrons. The van der Waals surface area contributed by atoms with Crippen LogP contribution in [0.5, 0.6) is 0 Å². The lowest BCUT2D eigenvalue weighted by Crippen LogP contribution is -2.28. The lowest BCUT2D eigenvalue weighted by Gasteiger charge is -2.24. The fraction of sp³-hybridized carbons (Fsp3) is 0.488. The molecule has 6 atom stereocenters. The Morgan fingerprint density at radius 1 is 0.600 bits per heavy atom. The third kappa shape index (κ3) is 9.80. The number of aliphatic carboxylic acids is 3. The zero-order chi connectivity index (χ0) is 38.3. The molecule has 7 N–H and O–H groups in total. The standard InChI is InChI=1S/C43H54N6O6/c50-41(51)35(32-9-12-44-21-32)17-27-3-1-5-30(15-27)24-49(25-31-6-2-4-28(16-31)18-36(42(52)53)33-10-13-45-22-33)26-40-38-20-29(7-8-39(38)47-48-40)19-37(43(54)55)34-11-14-46-23-34/h1-8,15-16,20,32-37,44-46H,9-14,17-19,21-26H2,(H,47,48)(H,50,51)(H,52,53)(H,54,55). The van der Waals surface area contributed by atoms with Crippen LogP contribution in [0.4, 0.5) is 0 Å². The summed E-state index contributed by atoms with van der Waals surface area (Å²) in [6, 6.07) is 22.5. The van der Waals surface area contributed by atoms with Gasteiger partial charge in [-0.25, -0.2) is 0 Å². The molecule has 12 heteroatoms. The van der Waals surface area contributed by atoms with Gasteiger partial charge in [-0.2, -0.15) is 5.10 Å². The number of hydrogen-bond acceptors (Lipinski definition) is 8. The highest BCUT2D eigenvalue weighted by molar-refractivity contribution is 5.82. The lowest BCUT2D eigenvalue weighted by molar-refractivity contribution is -0.144. The van der Waals surface area contributed by atoms with Crippen LogP contribution < -0.4 is 16.0 Å². The van der Waals surface area contributed by atoms with E-state index in [0.717, 1.165) is 103 Å². The maximum absolute atomic E-state index is 12.3. The minimum absolute atomic E-state index is 0.0975. The quantitative estimate of drug-likeness (QED) is 0.0770. The van der Waals surface area contributed by atoms with Crippen molar-refractivity contribution in [3.8, 4) is 0 Å². The molecule has 0 spiro atoms. The number of carboxylic acids is 3. The molecule has 1 aromatic heterocycles. The Morgan fingerprint density at radius 2 is 1.04 bits per heavy atom. The van der Waals surface area contributed by atoms with Crippen LogP contribution in [0, 0.1) is 35.5 Å². The highest BCUT2D eigenvalue weighted by Crippen LogP contribution is 2.29. The summed E-state index contributed by atoms with van der Waals surface area (Å²) in [7, 11) is 0. The SMILES string of the molecule is O=C(O)C(Cc1cccc(CN(Cc2cccc(CC(C(=O)O)C3CCNC3)c2)Cc2[nH]nc3ccc(CC(C(=O)O)C4CCNC4)cc23)c1)C1CCNC1. The van der Waals surface area contributed by atoms with E-state index < -0.39 is 35.7 Å². The van der Waals surface area contributed by atoms with E-state index in [9.17, 15) is 29.7 Å². The van der Waals surface area contributed by atoms with E-state index in [4.69, 9.17) is 0 Å². The molecule has 55 heavy (non-hydrogen) atoms. The predicted molar refractivity (Wildman–Crippen MR) is 209 cm³/mol. The molecule has 7 rings (SSSR count). The maximum Gasteiger partial charge on any atom is 0.307 e. The molecule has 3 saturated heterocycles. The largest absolute Gasteiger partial charge is 0.481 e.